The second kappa shape index (κ2) is 10.3. The molecule has 0 aromatic carbocycles. The molecule has 0 heterocycles. The summed E-state index contributed by atoms with van der Waals surface area (Å²) in [5.74, 6) is -0.754. The van der Waals surface area contributed by atoms with E-state index in [1.807, 2.05) is 6.92 Å². The van der Waals surface area contributed by atoms with Crippen LogP contribution in [0, 0.1) is 0 Å². The topological polar surface area (TPSA) is 57.5 Å². The quantitative estimate of drug-likeness (QED) is 0.680. The molecule has 68 valence electrons. The molecule has 1 atom stereocenters. The zero-order chi connectivity index (χ0) is 8.69. The van der Waals surface area contributed by atoms with Crippen molar-refractivity contribution < 1.29 is 15.0 Å². The summed E-state index contributed by atoms with van der Waals surface area (Å²) in [6.07, 6.45) is 2.94. The molecular formula is C8H17O3Rb. The van der Waals surface area contributed by atoms with E-state index in [1.54, 1.807) is 0 Å². The molecule has 0 spiro atoms. The second-order valence-electron chi connectivity index (χ2n) is 2.70. The number of aliphatic hydroxyl groups is 1. The fourth-order valence-electron chi connectivity index (χ4n) is 0.860. The second-order valence-corrected chi connectivity index (χ2v) is 2.70. The van der Waals surface area contributed by atoms with E-state index in [-0.39, 0.29) is 70.7 Å². The first-order valence-electron chi connectivity index (χ1n) is 4.06. The number of hydrogen-bond donors (Lipinski definition) is 2. The summed E-state index contributed by atoms with van der Waals surface area (Å²) in [5.41, 5.74) is 0. The molecular weight excluding hydrogens is 230 g/mol. The average Bonchev–Trinajstić information content (AvgIpc) is 1.97. The molecule has 12 heavy (non-hydrogen) atoms. The van der Waals surface area contributed by atoms with E-state index < -0.39 is 5.97 Å². The molecule has 3 nitrogen and oxygen atoms in total. The van der Waals surface area contributed by atoms with Crippen LogP contribution in [0.15, 0.2) is 0 Å². The first-order valence-corrected chi connectivity index (χ1v) is 4.06. The van der Waals surface area contributed by atoms with Crippen molar-refractivity contribution >= 4 is 64.2 Å². The Morgan fingerprint density at radius 2 is 2.00 bits per heavy atom. The zero-order valence-electron chi connectivity index (χ0n) is 6.92. The maximum atomic E-state index is 10.1. The normalized spacial score (nSPS) is 11.8. The summed E-state index contributed by atoms with van der Waals surface area (Å²) < 4.78 is 0. The van der Waals surface area contributed by atoms with Crippen LogP contribution in [-0.4, -0.2) is 80.5 Å². The molecule has 4 heteroatoms. The van der Waals surface area contributed by atoms with Gasteiger partial charge in [-0.2, -0.15) is 0 Å². The Morgan fingerprint density at radius 1 is 1.42 bits per heavy atom. The minimum atomic E-state index is -0.754. The summed E-state index contributed by atoms with van der Waals surface area (Å²) in [4.78, 5) is 10.1. The summed E-state index contributed by atoms with van der Waals surface area (Å²) in [6, 6.07) is 0. The van der Waals surface area contributed by atoms with Gasteiger partial charge in [-0.15, -0.1) is 0 Å². The van der Waals surface area contributed by atoms with Crippen molar-refractivity contribution in [2.45, 2.75) is 45.1 Å². The molecule has 1 unspecified atom stereocenters. The fourth-order valence-corrected chi connectivity index (χ4v) is 0.860. The molecule has 0 fully saturated rings. The monoisotopic (exact) mass is 246 g/mol. The van der Waals surface area contributed by atoms with E-state index in [4.69, 9.17) is 10.2 Å². The van der Waals surface area contributed by atoms with Gasteiger partial charge in [-0.25, -0.2) is 0 Å². The van der Waals surface area contributed by atoms with Crippen molar-refractivity contribution in [1.29, 1.82) is 0 Å². The van der Waals surface area contributed by atoms with Crippen molar-refractivity contribution in [2.24, 2.45) is 0 Å². The van der Waals surface area contributed by atoms with E-state index >= 15 is 0 Å². The van der Waals surface area contributed by atoms with Crippen LogP contribution >= 0.6 is 0 Å². The maximum absolute atomic E-state index is 10.1. The molecule has 0 aliphatic heterocycles. The Labute approximate surface area is 122 Å². The first-order chi connectivity index (χ1) is 5.16. The molecule has 0 saturated heterocycles. The van der Waals surface area contributed by atoms with Crippen LogP contribution in [0.25, 0.3) is 0 Å². The number of unbranched alkanes of at least 4 members (excludes halogenated alkanes) is 1. The van der Waals surface area contributed by atoms with Crippen LogP contribution in [0.4, 0.5) is 0 Å². The SMILES string of the molecule is CCC(O)CCCCC(=O)O.[RbH]. The molecule has 0 saturated carbocycles. The molecule has 0 aromatic rings. The van der Waals surface area contributed by atoms with Gasteiger partial charge in [0.25, 0.3) is 0 Å². The molecule has 0 bridgehead atoms. The van der Waals surface area contributed by atoms with Crippen LogP contribution < -0.4 is 0 Å². The summed E-state index contributed by atoms with van der Waals surface area (Å²) in [7, 11) is 0. The number of aliphatic hydroxyl groups excluding tert-OH is 1. The third-order valence-electron chi connectivity index (χ3n) is 1.65. The van der Waals surface area contributed by atoms with Crippen molar-refractivity contribution in [1.82, 2.24) is 0 Å². The van der Waals surface area contributed by atoms with E-state index in [0.29, 0.717) is 6.42 Å². The number of rotatable bonds is 6. The van der Waals surface area contributed by atoms with Gasteiger partial charge in [-0.3, -0.25) is 4.79 Å². The van der Waals surface area contributed by atoms with E-state index in [9.17, 15) is 4.79 Å². The van der Waals surface area contributed by atoms with Gasteiger partial charge in [-0.05, 0) is 19.3 Å². The van der Waals surface area contributed by atoms with E-state index in [2.05, 4.69) is 0 Å². The van der Waals surface area contributed by atoms with Gasteiger partial charge in [-0.1, -0.05) is 13.3 Å². The van der Waals surface area contributed by atoms with Gasteiger partial charge in [0.1, 0.15) is 0 Å². The molecule has 0 aliphatic carbocycles. The molecule has 0 amide bonds. The first kappa shape index (κ1) is 15.7. The zero-order valence-corrected chi connectivity index (χ0v) is 6.92. The molecule has 0 rings (SSSR count). The summed E-state index contributed by atoms with van der Waals surface area (Å²) in [5, 5.41) is 17.3. The van der Waals surface area contributed by atoms with Gasteiger partial charge in [0, 0.05) is 6.42 Å². The summed E-state index contributed by atoms with van der Waals surface area (Å²) in [6.45, 7) is 1.92. The van der Waals surface area contributed by atoms with Gasteiger partial charge in [0.05, 0.1) is 6.10 Å². The standard InChI is InChI=1S/C8H16O3.Rb.H/c1-2-7(9)5-3-4-6-8(10)11;;/h7,9H,2-6H2,1H3,(H,10,11);;. The number of carboxylic acid groups (broad SMARTS) is 1. The molecule has 0 aliphatic rings. The van der Waals surface area contributed by atoms with E-state index in [1.165, 1.54) is 0 Å². The van der Waals surface area contributed by atoms with Crippen LogP contribution in [0.2, 0.25) is 0 Å². The number of aliphatic carboxylic acids is 1. The van der Waals surface area contributed by atoms with Gasteiger partial charge < -0.3 is 10.2 Å². The third kappa shape index (κ3) is 11.2. The Balaban J connectivity index is 0. The van der Waals surface area contributed by atoms with Crippen LogP contribution in [0.5, 0.6) is 0 Å². The van der Waals surface area contributed by atoms with Crippen molar-refractivity contribution in [3.05, 3.63) is 0 Å². The molecule has 0 aromatic heterocycles. The van der Waals surface area contributed by atoms with Crippen LogP contribution in [0.1, 0.15) is 39.0 Å². The van der Waals surface area contributed by atoms with Crippen LogP contribution in [0.3, 0.4) is 0 Å². The van der Waals surface area contributed by atoms with E-state index in [0.717, 1.165) is 19.3 Å². The number of carbonyl (C=O) groups is 1. The van der Waals surface area contributed by atoms with Gasteiger partial charge in [0.15, 0.2) is 0 Å². The Morgan fingerprint density at radius 3 is 2.42 bits per heavy atom. The Hall–Kier alpha value is 1.24. The molecule has 0 radical (unpaired) electrons. The van der Waals surface area contributed by atoms with Crippen LogP contribution in [-0.2, 0) is 4.79 Å². The number of carboxylic acids is 1. The Bertz CT molecular complexity index is 117. The molecule has 2 N–H and O–H groups in total. The van der Waals surface area contributed by atoms with Crippen molar-refractivity contribution in [2.75, 3.05) is 0 Å². The third-order valence-corrected chi connectivity index (χ3v) is 1.65. The average molecular weight is 247 g/mol. The predicted molar refractivity (Wildman–Crippen MR) is 49.6 cm³/mol. The van der Waals surface area contributed by atoms with Crippen molar-refractivity contribution in [3.8, 4) is 0 Å². The fraction of sp³-hybridized carbons (Fsp3) is 0.875. The van der Waals surface area contributed by atoms with Gasteiger partial charge in [0.2, 0.25) is 0 Å². The predicted octanol–water partition coefficient (Wildman–Crippen LogP) is 0.754. The minimum absolute atomic E-state index is 0. The summed E-state index contributed by atoms with van der Waals surface area (Å²) >= 11 is 0. The number of hydrogen-bond acceptors (Lipinski definition) is 2. The van der Waals surface area contributed by atoms with Crippen molar-refractivity contribution in [3.63, 3.8) is 0 Å². The Kier molecular flexibility index (Phi) is 13.5. The van der Waals surface area contributed by atoms with Gasteiger partial charge >= 0.3 is 64.2 Å².